The van der Waals surface area contributed by atoms with Gasteiger partial charge in [-0.3, -0.25) is 0 Å². The molecule has 1 aromatic carbocycles. The van der Waals surface area contributed by atoms with Gasteiger partial charge in [-0.25, -0.2) is 4.98 Å². The van der Waals surface area contributed by atoms with Crippen LogP contribution in [-0.2, 0) is 12.6 Å². The fourth-order valence-corrected chi connectivity index (χ4v) is 1.33. The van der Waals surface area contributed by atoms with Crippen LogP contribution in [0.1, 0.15) is 17.0 Å². The Morgan fingerprint density at radius 2 is 1.81 bits per heavy atom. The molecule has 0 aliphatic carbocycles. The number of alkyl halides is 3. The van der Waals surface area contributed by atoms with E-state index in [0.29, 0.717) is 12.3 Å². The first-order valence-electron chi connectivity index (χ1n) is 4.60. The first kappa shape index (κ1) is 10.7. The van der Waals surface area contributed by atoms with Crippen LogP contribution >= 0.6 is 0 Å². The van der Waals surface area contributed by atoms with E-state index in [9.17, 15) is 13.2 Å². The predicted molar refractivity (Wildman–Crippen MR) is 50.8 cm³/mol. The van der Waals surface area contributed by atoms with Crippen molar-refractivity contribution in [3.63, 3.8) is 0 Å². The van der Waals surface area contributed by atoms with Crippen molar-refractivity contribution >= 4 is 0 Å². The Labute approximate surface area is 89.7 Å². The minimum atomic E-state index is -4.29. The predicted octanol–water partition coefficient (Wildman–Crippen LogP) is 3.28. The molecule has 0 spiro atoms. The van der Waals surface area contributed by atoms with E-state index in [1.165, 1.54) is 24.6 Å². The van der Waals surface area contributed by atoms with Gasteiger partial charge in [0.25, 0.3) is 0 Å². The Hall–Kier alpha value is -1.78. The molecule has 0 amide bonds. The Morgan fingerprint density at radius 1 is 1.12 bits per heavy atom. The van der Waals surface area contributed by atoms with Gasteiger partial charge in [-0.1, -0.05) is 12.1 Å². The van der Waals surface area contributed by atoms with Gasteiger partial charge < -0.3 is 4.42 Å². The average Bonchev–Trinajstić information content (AvgIpc) is 2.70. The molecule has 0 bridgehead atoms. The number of oxazole rings is 1. The molecule has 0 radical (unpaired) electrons. The Morgan fingerprint density at radius 3 is 2.31 bits per heavy atom. The van der Waals surface area contributed by atoms with Crippen molar-refractivity contribution in [3.05, 3.63) is 53.7 Å². The first-order chi connectivity index (χ1) is 7.55. The molecule has 0 unspecified atom stereocenters. The van der Waals surface area contributed by atoms with Crippen molar-refractivity contribution in [3.8, 4) is 0 Å². The summed E-state index contributed by atoms with van der Waals surface area (Å²) in [6.45, 7) is 0. The molecular weight excluding hydrogens is 219 g/mol. The quantitative estimate of drug-likeness (QED) is 0.786. The van der Waals surface area contributed by atoms with Gasteiger partial charge >= 0.3 is 6.18 Å². The molecule has 5 heteroatoms. The lowest BCUT2D eigenvalue weighted by atomic mass is 10.1. The molecule has 84 valence electrons. The first-order valence-corrected chi connectivity index (χ1v) is 4.60. The minimum Gasteiger partial charge on any atom is -0.449 e. The van der Waals surface area contributed by atoms with Crippen LogP contribution in [0.25, 0.3) is 0 Å². The van der Waals surface area contributed by atoms with Crippen LogP contribution < -0.4 is 0 Å². The summed E-state index contributed by atoms with van der Waals surface area (Å²) in [5.74, 6) is 0.486. The number of benzene rings is 1. The van der Waals surface area contributed by atoms with Gasteiger partial charge in [0.15, 0.2) is 5.89 Å². The highest BCUT2D eigenvalue weighted by Crippen LogP contribution is 2.29. The van der Waals surface area contributed by atoms with Gasteiger partial charge in [0.05, 0.1) is 11.8 Å². The Kier molecular flexibility index (Phi) is 2.68. The maximum atomic E-state index is 12.3. The molecule has 1 heterocycles. The zero-order chi connectivity index (χ0) is 11.6. The second kappa shape index (κ2) is 4.00. The molecule has 16 heavy (non-hydrogen) atoms. The van der Waals surface area contributed by atoms with Crippen LogP contribution in [0.5, 0.6) is 0 Å². The summed E-state index contributed by atoms with van der Waals surface area (Å²) in [5.41, 5.74) is 0.0825. The number of nitrogens with zero attached hydrogens (tertiary/aromatic N) is 1. The zero-order valence-electron chi connectivity index (χ0n) is 8.16. The highest BCUT2D eigenvalue weighted by Gasteiger charge is 2.29. The van der Waals surface area contributed by atoms with Crippen LogP contribution in [0.4, 0.5) is 13.2 Å². The van der Waals surface area contributed by atoms with Crippen LogP contribution in [-0.4, -0.2) is 4.98 Å². The molecule has 0 aliphatic rings. The molecule has 0 aliphatic heterocycles. The van der Waals surface area contributed by atoms with Crippen molar-refractivity contribution in [2.45, 2.75) is 12.6 Å². The fourth-order valence-electron chi connectivity index (χ4n) is 1.33. The monoisotopic (exact) mass is 227 g/mol. The van der Waals surface area contributed by atoms with Crippen molar-refractivity contribution in [1.82, 2.24) is 4.98 Å². The van der Waals surface area contributed by atoms with Gasteiger partial charge in [0.2, 0.25) is 0 Å². The van der Waals surface area contributed by atoms with Crippen LogP contribution in [0, 0.1) is 0 Å². The highest BCUT2D eigenvalue weighted by molar-refractivity contribution is 5.26. The Bertz CT molecular complexity index is 445. The summed E-state index contributed by atoms with van der Waals surface area (Å²) in [6.07, 6.45) is -0.967. The van der Waals surface area contributed by atoms with Crippen LogP contribution in [0.2, 0.25) is 0 Å². The van der Waals surface area contributed by atoms with Crippen molar-refractivity contribution < 1.29 is 17.6 Å². The molecular formula is C11H8F3NO. The normalized spacial score (nSPS) is 11.7. The average molecular weight is 227 g/mol. The third-order valence-corrected chi connectivity index (χ3v) is 2.12. The molecule has 2 nitrogen and oxygen atoms in total. The summed E-state index contributed by atoms with van der Waals surface area (Å²) < 4.78 is 41.8. The topological polar surface area (TPSA) is 26.0 Å². The summed E-state index contributed by atoms with van der Waals surface area (Å²) in [4.78, 5) is 3.89. The standard InChI is InChI=1S/C11H8F3NO/c12-11(13,14)9-3-1-8(2-4-9)7-10-15-5-6-16-10/h1-6H,7H2. The van der Waals surface area contributed by atoms with E-state index in [2.05, 4.69) is 4.98 Å². The summed E-state index contributed by atoms with van der Waals surface area (Å²) in [5, 5.41) is 0. The molecule has 2 aromatic rings. The van der Waals surface area contributed by atoms with Gasteiger partial charge in [0.1, 0.15) is 6.26 Å². The highest BCUT2D eigenvalue weighted by atomic mass is 19.4. The number of aromatic nitrogens is 1. The summed E-state index contributed by atoms with van der Waals surface area (Å²) in [7, 11) is 0. The zero-order valence-corrected chi connectivity index (χ0v) is 8.16. The number of hydrogen-bond donors (Lipinski definition) is 0. The van der Waals surface area contributed by atoms with Gasteiger partial charge in [0, 0.05) is 6.42 Å². The molecule has 0 N–H and O–H groups in total. The number of halogens is 3. The smallest absolute Gasteiger partial charge is 0.416 e. The van der Waals surface area contributed by atoms with E-state index in [1.807, 2.05) is 0 Å². The van der Waals surface area contributed by atoms with Gasteiger partial charge in [-0.15, -0.1) is 0 Å². The third kappa shape index (κ3) is 2.42. The molecule has 2 rings (SSSR count). The minimum absolute atomic E-state index is 0.394. The van der Waals surface area contributed by atoms with Gasteiger partial charge in [-0.05, 0) is 17.7 Å². The SMILES string of the molecule is FC(F)(F)c1ccc(Cc2ncco2)cc1. The Balaban J connectivity index is 2.14. The third-order valence-electron chi connectivity index (χ3n) is 2.12. The van der Waals surface area contributed by atoms with Crippen LogP contribution in [0.15, 0.2) is 41.1 Å². The molecule has 0 saturated carbocycles. The maximum absolute atomic E-state index is 12.3. The van der Waals surface area contributed by atoms with E-state index >= 15 is 0 Å². The molecule has 0 saturated heterocycles. The van der Waals surface area contributed by atoms with Crippen molar-refractivity contribution in [1.29, 1.82) is 0 Å². The lowest BCUT2D eigenvalue weighted by Gasteiger charge is -2.06. The fraction of sp³-hybridized carbons (Fsp3) is 0.182. The van der Waals surface area contributed by atoms with E-state index in [1.54, 1.807) is 0 Å². The van der Waals surface area contributed by atoms with E-state index in [-0.39, 0.29) is 0 Å². The van der Waals surface area contributed by atoms with Crippen molar-refractivity contribution in [2.24, 2.45) is 0 Å². The van der Waals surface area contributed by atoms with Crippen molar-refractivity contribution in [2.75, 3.05) is 0 Å². The summed E-state index contributed by atoms with van der Waals surface area (Å²) in [6, 6.07) is 4.95. The second-order valence-corrected chi connectivity index (χ2v) is 3.30. The molecule has 1 aromatic heterocycles. The largest absolute Gasteiger partial charge is 0.449 e. The maximum Gasteiger partial charge on any atom is 0.416 e. The van der Waals surface area contributed by atoms with Crippen LogP contribution in [0.3, 0.4) is 0 Å². The molecule has 0 atom stereocenters. The summed E-state index contributed by atoms with van der Waals surface area (Å²) >= 11 is 0. The van der Waals surface area contributed by atoms with E-state index < -0.39 is 11.7 Å². The molecule has 0 fully saturated rings. The lowest BCUT2D eigenvalue weighted by Crippen LogP contribution is -2.04. The van der Waals surface area contributed by atoms with E-state index in [0.717, 1.165) is 17.7 Å². The second-order valence-electron chi connectivity index (χ2n) is 3.30. The van der Waals surface area contributed by atoms with Gasteiger partial charge in [-0.2, -0.15) is 13.2 Å². The number of rotatable bonds is 2. The number of hydrogen-bond acceptors (Lipinski definition) is 2. The van der Waals surface area contributed by atoms with E-state index in [4.69, 9.17) is 4.42 Å². The lowest BCUT2D eigenvalue weighted by molar-refractivity contribution is -0.137.